The number of thioether (sulfide) groups is 1. The number of carbonyl (C=O) groups is 1. The number of rotatable bonds is 8. The predicted molar refractivity (Wildman–Crippen MR) is 124 cm³/mol. The van der Waals surface area contributed by atoms with Crippen LogP contribution in [-0.4, -0.2) is 32.4 Å². The molecule has 0 radical (unpaired) electrons. The molecular weight excluding hydrogens is 472 g/mol. The lowest BCUT2D eigenvalue weighted by atomic mass is 10.1. The molecule has 0 saturated carbocycles. The van der Waals surface area contributed by atoms with Crippen molar-refractivity contribution in [1.29, 1.82) is 0 Å². The van der Waals surface area contributed by atoms with Crippen LogP contribution in [0.2, 0.25) is 0 Å². The first-order valence-electron chi connectivity index (χ1n) is 8.95. The van der Waals surface area contributed by atoms with Gasteiger partial charge in [-0.15, -0.1) is 0 Å². The summed E-state index contributed by atoms with van der Waals surface area (Å²) in [5, 5.41) is 4.91. The smallest absolute Gasteiger partial charge is 0.242 e. The van der Waals surface area contributed by atoms with Gasteiger partial charge < -0.3 is 5.32 Å². The molecule has 2 N–H and O–H groups in total. The average molecular weight is 493 g/mol. The van der Waals surface area contributed by atoms with Crippen molar-refractivity contribution in [1.82, 2.24) is 4.72 Å². The third-order valence-electron chi connectivity index (χ3n) is 4.37. The van der Waals surface area contributed by atoms with E-state index in [9.17, 15) is 13.2 Å². The van der Waals surface area contributed by atoms with Crippen LogP contribution in [0.1, 0.15) is 6.42 Å². The molecule has 8 heteroatoms. The number of nitrogens with one attached hydrogen (secondary N) is 2. The van der Waals surface area contributed by atoms with Crippen molar-refractivity contribution < 1.29 is 13.2 Å². The van der Waals surface area contributed by atoms with Crippen molar-refractivity contribution in [2.45, 2.75) is 17.4 Å². The Hall–Kier alpha value is -1.87. The number of benzene rings is 3. The van der Waals surface area contributed by atoms with E-state index in [1.807, 2.05) is 48.7 Å². The van der Waals surface area contributed by atoms with Crippen molar-refractivity contribution in [3.8, 4) is 0 Å². The van der Waals surface area contributed by atoms with E-state index in [-0.39, 0.29) is 10.8 Å². The summed E-state index contributed by atoms with van der Waals surface area (Å²) in [6.07, 6.45) is 2.30. The minimum atomic E-state index is -3.82. The Bertz CT molecular complexity index is 1100. The highest BCUT2D eigenvalue weighted by Crippen LogP contribution is 2.20. The minimum Gasteiger partial charge on any atom is -0.325 e. The zero-order valence-electron chi connectivity index (χ0n) is 15.8. The molecule has 0 spiro atoms. The first kappa shape index (κ1) is 21.8. The summed E-state index contributed by atoms with van der Waals surface area (Å²) in [7, 11) is -3.82. The van der Waals surface area contributed by atoms with Gasteiger partial charge in [-0.05, 0) is 65.6 Å². The number of amides is 1. The van der Waals surface area contributed by atoms with Crippen LogP contribution in [0.4, 0.5) is 5.69 Å². The second-order valence-electron chi connectivity index (χ2n) is 6.46. The Morgan fingerprint density at radius 2 is 1.72 bits per heavy atom. The zero-order valence-corrected chi connectivity index (χ0v) is 19.0. The van der Waals surface area contributed by atoms with Crippen molar-refractivity contribution >= 4 is 60.1 Å². The average Bonchev–Trinajstić information content (AvgIpc) is 2.71. The maximum Gasteiger partial charge on any atom is 0.242 e. The molecule has 0 aliphatic heterocycles. The first-order chi connectivity index (χ1) is 13.9. The third-order valence-corrected chi connectivity index (χ3v) is 7.03. The lowest BCUT2D eigenvalue weighted by Gasteiger charge is -2.18. The number of hydrogen-bond acceptors (Lipinski definition) is 4. The van der Waals surface area contributed by atoms with E-state index in [0.717, 1.165) is 15.2 Å². The van der Waals surface area contributed by atoms with E-state index in [1.54, 1.807) is 23.9 Å². The molecule has 0 aromatic heterocycles. The van der Waals surface area contributed by atoms with Gasteiger partial charge in [0.05, 0.1) is 4.90 Å². The normalized spacial score (nSPS) is 12.6. The molecule has 1 amide bonds. The maximum atomic E-state index is 12.9. The fourth-order valence-electron chi connectivity index (χ4n) is 2.84. The summed E-state index contributed by atoms with van der Waals surface area (Å²) >= 11 is 4.85. The lowest BCUT2D eigenvalue weighted by Crippen LogP contribution is -2.44. The SMILES string of the molecule is CSCC[C@H](NS(=O)(=O)c1ccc(Br)cc1)C(=O)Nc1ccc2ccccc2c1. The van der Waals surface area contributed by atoms with Crippen molar-refractivity contribution in [2.24, 2.45) is 0 Å². The van der Waals surface area contributed by atoms with Crippen LogP contribution in [0, 0.1) is 0 Å². The second-order valence-corrected chi connectivity index (χ2v) is 10.1. The molecule has 3 aromatic carbocycles. The van der Waals surface area contributed by atoms with Crippen molar-refractivity contribution in [2.75, 3.05) is 17.3 Å². The number of fused-ring (bicyclic) bond motifs is 1. The van der Waals surface area contributed by atoms with Crippen LogP contribution in [0.3, 0.4) is 0 Å². The van der Waals surface area contributed by atoms with E-state index in [0.29, 0.717) is 17.9 Å². The van der Waals surface area contributed by atoms with Gasteiger partial charge in [0.25, 0.3) is 0 Å². The van der Waals surface area contributed by atoms with E-state index in [4.69, 9.17) is 0 Å². The van der Waals surface area contributed by atoms with Crippen molar-refractivity contribution in [3.63, 3.8) is 0 Å². The summed E-state index contributed by atoms with van der Waals surface area (Å²) in [5.74, 6) is 0.272. The van der Waals surface area contributed by atoms with E-state index in [1.165, 1.54) is 12.1 Å². The van der Waals surface area contributed by atoms with Gasteiger partial charge in [-0.1, -0.05) is 46.3 Å². The Morgan fingerprint density at radius 3 is 2.41 bits per heavy atom. The van der Waals surface area contributed by atoms with Gasteiger partial charge in [0.15, 0.2) is 0 Å². The van der Waals surface area contributed by atoms with Crippen LogP contribution >= 0.6 is 27.7 Å². The molecule has 29 heavy (non-hydrogen) atoms. The summed E-state index contributed by atoms with van der Waals surface area (Å²) in [6, 6.07) is 18.9. The van der Waals surface area contributed by atoms with Gasteiger partial charge >= 0.3 is 0 Å². The highest BCUT2D eigenvalue weighted by atomic mass is 79.9. The van der Waals surface area contributed by atoms with Gasteiger partial charge in [-0.2, -0.15) is 16.5 Å². The fourth-order valence-corrected chi connectivity index (χ4v) is 4.81. The van der Waals surface area contributed by atoms with Gasteiger partial charge in [0.1, 0.15) is 6.04 Å². The Balaban J connectivity index is 1.79. The van der Waals surface area contributed by atoms with Crippen LogP contribution < -0.4 is 10.0 Å². The Morgan fingerprint density at radius 1 is 1.03 bits per heavy atom. The molecule has 152 valence electrons. The van der Waals surface area contributed by atoms with Crippen LogP contribution in [0.5, 0.6) is 0 Å². The van der Waals surface area contributed by atoms with Gasteiger partial charge in [0.2, 0.25) is 15.9 Å². The quantitative estimate of drug-likeness (QED) is 0.480. The van der Waals surface area contributed by atoms with Gasteiger partial charge in [0, 0.05) is 10.2 Å². The summed E-state index contributed by atoms with van der Waals surface area (Å²) in [6.45, 7) is 0. The Kier molecular flexibility index (Phi) is 7.34. The molecular formula is C21H21BrN2O3S2. The molecule has 3 rings (SSSR count). The number of hydrogen-bond donors (Lipinski definition) is 2. The zero-order chi connectivity index (χ0) is 20.9. The Labute approximate surface area is 183 Å². The summed E-state index contributed by atoms with van der Waals surface area (Å²) in [5.41, 5.74) is 0.630. The highest BCUT2D eigenvalue weighted by Gasteiger charge is 2.25. The molecule has 3 aromatic rings. The number of anilines is 1. The summed E-state index contributed by atoms with van der Waals surface area (Å²) < 4.78 is 28.8. The standard InChI is InChI=1S/C21H21BrN2O3S2/c1-28-13-12-20(24-29(26,27)19-10-7-17(22)8-11-19)21(25)23-18-9-6-15-4-2-3-5-16(15)14-18/h2-11,14,20,24H,12-13H2,1H3,(H,23,25)/t20-/m0/s1. The lowest BCUT2D eigenvalue weighted by molar-refractivity contribution is -0.117. The highest BCUT2D eigenvalue weighted by molar-refractivity contribution is 9.10. The van der Waals surface area contributed by atoms with Crippen LogP contribution in [0.15, 0.2) is 76.1 Å². The van der Waals surface area contributed by atoms with Crippen molar-refractivity contribution in [3.05, 3.63) is 71.2 Å². The van der Waals surface area contributed by atoms with Gasteiger partial charge in [-0.25, -0.2) is 8.42 Å². The molecule has 0 aliphatic rings. The number of sulfonamides is 1. The number of carbonyl (C=O) groups excluding carboxylic acids is 1. The monoisotopic (exact) mass is 492 g/mol. The number of halogens is 1. The van der Waals surface area contributed by atoms with E-state index >= 15 is 0 Å². The first-order valence-corrected chi connectivity index (χ1v) is 12.6. The molecule has 0 aliphatic carbocycles. The minimum absolute atomic E-state index is 0.119. The molecule has 1 atom stereocenters. The molecule has 0 unspecified atom stereocenters. The topological polar surface area (TPSA) is 75.3 Å². The maximum absolute atomic E-state index is 12.9. The largest absolute Gasteiger partial charge is 0.325 e. The molecule has 0 bridgehead atoms. The van der Waals surface area contributed by atoms with E-state index in [2.05, 4.69) is 26.0 Å². The molecule has 0 saturated heterocycles. The van der Waals surface area contributed by atoms with Gasteiger partial charge in [-0.3, -0.25) is 4.79 Å². The molecule has 0 heterocycles. The molecule has 5 nitrogen and oxygen atoms in total. The second kappa shape index (κ2) is 9.75. The van der Waals surface area contributed by atoms with Crippen LogP contribution in [0.25, 0.3) is 10.8 Å². The predicted octanol–water partition coefficient (Wildman–Crippen LogP) is 4.64. The van der Waals surface area contributed by atoms with E-state index < -0.39 is 16.1 Å². The fraction of sp³-hybridized carbons (Fsp3) is 0.190. The molecule has 0 fully saturated rings. The third kappa shape index (κ3) is 5.82. The summed E-state index contributed by atoms with van der Waals surface area (Å²) in [4.78, 5) is 13.0. The van der Waals surface area contributed by atoms with Crippen LogP contribution in [-0.2, 0) is 14.8 Å².